The number of hydrogen-bond donors (Lipinski definition) is 0. The van der Waals surface area contributed by atoms with Gasteiger partial charge >= 0.3 is 0 Å². The Bertz CT molecular complexity index is 270. The molecule has 1 heterocycles. The molecule has 18 heavy (non-hydrogen) atoms. The summed E-state index contributed by atoms with van der Waals surface area (Å²) in [6, 6.07) is 0. The fourth-order valence-corrected chi connectivity index (χ4v) is 5.97. The van der Waals surface area contributed by atoms with Crippen LogP contribution in [-0.4, -0.2) is 11.5 Å². The van der Waals surface area contributed by atoms with Crippen molar-refractivity contribution < 1.29 is 0 Å². The summed E-state index contributed by atoms with van der Waals surface area (Å²) in [5, 5.41) is 0. The van der Waals surface area contributed by atoms with Gasteiger partial charge in [-0.25, -0.2) is 0 Å². The van der Waals surface area contributed by atoms with Crippen molar-refractivity contribution in [1.29, 1.82) is 0 Å². The fraction of sp³-hybridized carbons (Fsp3) is 0.875. The van der Waals surface area contributed by atoms with E-state index in [1.54, 1.807) is 4.91 Å². The molecule has 2 heteroatoms. The minimum absolute atomic E-state index is 0.904. The highest BCUT2D eigenvalue weighted by atomic mass is 32.2. The van der Waals surface area contributed by atoms with E-state index in [9.17, 15) is 0 Å². The first-order valence-corrected chi connectivity index (χ1v) is 9.87. The van der Waals surface area contributed by atoms with E-state index in [4.69, 9.17) is 0 Å². The zero-order chi connectivity index (χ0) is 12.6. The molecule has 1 unspecified atom stereocenters. The fourth-order valence-electron chi connectivity index (χ4n) is 3.15. The van der Waals surface area contributed by atoms with Crippen LogP contribution in [-0.2, 0) is 0 Å². The van der Waals surface area contributed by atoms with Gasteiger partial charge in [-0.15, -0.1) is 23.5 Å². The van der Waals surface area contributed by atoms with E-state index in [1.165, 1.54) is 75.7 Å². The van der Waals surface area contributed by atoms with E-state index in [2.05, 4.69) is 30.4 Å². The highest BCUT2D eigenvalue weighted by molar-refractivity contribution is 8.10. The standard InChI is InChI=1S/C16H28S2/c1-2-9-14-10-7-5-3-4-6-8-11-15-16(14)18-13-12-17-15/h14H,2-13H2,1H3. The Balaban J connectivity index is 2.09. The minimum Gasteiger partial charge on any atom is -0.129 e. The Hall–Kier alpha value is 0.440. The second-order valence-corrected chi connectivity index (χ2v) is 7.96. The maximum atomic E-state index is 2.35. The van der Waals surface area contributed by atoms with Crippen LogP contribution in [0, 0.1) is 5.92 Å². The van der Waals surface area contributed by atoms with Crippen molar-refractivity contribution in [2.75, 3.05) is 11.5 Å². The molecule has 0 radical (unpaired) electrons. The summed E-state index contributed by atoms with van der Waals surface area (Å²) in [5.74, 6) is 3.60. The van der Waals surface area contributed by atoms with Crippen molar-refractivity contribution in [2.45, 2.75) is 71.1 Å². The van der Waals surface area contributed by atoms with Gasteiger partial charge in [0.05, 0.1) is 0 Å². The van der Waals surface area contributed by atoms with Gasteiger partial charge in [-0.05, 0) is 41.4 Å². The Kier molecular flexibility index (Phi) is 7.07. The molecule has 0 aromatic heterocycles. The minimum atomic E-state index is 0.904. The van der Waals surface area contributed by atoms with Gasteiger partial charge in [0.2, 0.25) is 0 Å². The van der Waals surface area contributed by atoms with Crippen LogP contribution in [0.1, 0.15) is 71.1 Å². The first-order chi connectivity index (χ1) is 8.92. The van der Waals surface area contributed by atoms with E-state index in [-0.39, 0.29) is 0 Å². The van der Waals surface area contributed by atoms with E-state index in [0.29, 0.717) is 0 Å². The van der Waals surface area contributed by atoms with Crippen LogP contribution in [0.3, 0.4) is 0 Å². The van der Waals surface area contributed by atoms with Crippen LogP contribution in [0.5, 0.6) is 0 Å². The molecule has 0 saturated carbocycles. The molecular weight excluding hydrogens is 256 g/mol. The molecule has 104 valence electrons. The number of hydrogen-bond acceptors (Lipinski definition) is 2. The molecule has 0 saturated heterocycles. The third-order valence-corrected chi connectivity index (χ3v) is 6.97. The van der Waals surface area contributed by atoms with Crippen LogP contribution in [0.25, 0.3) is 0 Å². The first-order valence-electron chi connectivity index (χ1n) is 7.90. The monoisotopic (exact) mass is 284 g/mol. The largest absolute Gasteiger partial charge is 0.129 e. The lowest BCUT2D eigenvalue weighted by atomic mass is 9.95. The molecule has 1 atom stereocenters. The molecule has 1 aliphatic heterocycles. The van der Waals surface area contributed by atoms with Crippen molar-refractivity contribution in [3.05, 3.63) is 9.81 Å². The van der Waals surface area contributed by atoms with Crippen molar-refractivity contribution >= 4 is 23.5 Å². The van der Waals surface area contributed by atoms with Gasteiger partial charge < -0.3 is 0 Å². The van der Waals surface area contributed by atoms with Gasteiger partial charge in [0, 0.05) is 11.5 Å². The molecular formula is C16H28S2. The van der Waals surface area contributed by atoms with Crippen molar-refractivity contribution in [1.82, 2.24) is 0 Å². The highest BCUT2D eigenvalue weighted by Crippen LogP contribution is 2.44. The molecule has 0 amide bonds. The molecule has 2 rings (SSSR count). The summed E-state index contributed by atoms with van der Waals surface area (Å²) in [4.78, 5) is 3.60. The second-order valence-electron chi connectivity index (χ2n) is 5.63. The van der Waals surface area contributed by atoms with E-state index in [1.807, 2.05) is 4.91 Å². The van der Waals surface area contributed by atoms with Crippen molar-refractivity contribution in [2.24, 2.45) is 5.92 Å². The quantitative estimate of drug-likeness (QED) is 0.589. The number of thioether (sulfide) groups is 2. The molecule has 0 aromatic rings. The molecule has 0 fully saturated rings. The Morgan fingerprint density at radius 3 is 2.50 bits per heavy atom. The normalized spacial score (nSPS) is 27.5. The summed E-state index contributed by atoms with van der Waals surface area (Å²) >= 11 is 4.38. The molecule has 2 aliphatic rings. The average Bonchev–Trinajstić information content (AvgIpc) is 2.44. The summed E-state index contributed by atoms with van der Waals surface area (Å²) in [6.07, 6.45) is 14.4. The average molecular weight is 285 g/mol. The van der Waals surface area contributed by atoms with E-state index >= 15 is 0 Å². The SMILES string of the molecule is CCCC1CCCCCCCCC2=C1SCCS2. The zero-order valence-electron chi connectivity index (χ0n) is 11.9. The van der Waals surface area contributed by atoms with Crippen molar-refractivity contribution in [3.8, 4) is 0 Å². The van der Waals surface area contributed by atoms with Gasteiger partial charge in [-0.1, -0.05) is 45.4 Å². The summed E-state index contributed by atoms with van der Waals surface area (Å²) in [6.45, 7) is 2.35. The van der Waals surface area contributed by atoms with Crippen molar-refractivity contribution in [3.63, 3.8) is 0 Å². The van der Waals surface area contributed by atoms with E-state index in [0.717, 1.165) is 5.92 Å². The zero-order valence-corrected chi connectivity index (χ0v) is 13.5. The van der Waals surface area contributed by atoms with Gasteiger partial charge in [0.1, 0.15) is 0 Å². The van der Waals surface area contributed by atoms with Crippen LogP contribution in [0.15, 0.2) is 9.81 Å². The van der Waals surface area contributed by atoms with Gasteiger partial charge in [-0.3, -0.25) is 0 Å². The molecule has 0 aromatic carbocycles. The topological polar surface area (TPSA) is 0 Å². The summed E-state index contributed by atoms with van der Waals surface area (Å²) in [5.41, 5.74) is 0. The number of allylic oxidation sites excluding steroid dienone is 2. The second kappa shape index (κ2) is 8.58. The lowest BCUT2D eigenvalue weighted by Gasteiger charge is -2.26. The predicted molar refractivity (Wildman–Crippen MR) is 87.3 cm³/mol. The van der Waals surface area contributed by atoms with Crippen LogP contribution >= 0.6 is 23.5 Å². The van der Waals surface area contributed by atoms with Crippen LogP contribution in [0.4, 0.5) is 0 Å². The lowest BCUT2D eigenvalue weighted by molar-refractivity contribution is 0.487. The smallest absolute Gasteiger partial charge is 0.00716 e. The lowest BCUT2D eigenvalue weighted by Crippen LogP contribution is -2.09. The number of rotatable bonds is 2. The van der Waals surface area contributed by atoms with Crippen LogP contribution < -0.4 is 0 Å². The molecule has 1 aliphatic carbocycles. The molecule has 0 bridgehead atoms. The van der Waals surface area contributed by atoms with Gasteiger partial charge in [0.25, 0.3) is 0 Å². The van der Waals surface area contributed by atoms with Gasteiger partial charge in [0.15, 0.2) is 0 Å². The highest BCUT2D eigenvalue weighted by Gasteiger charge is 2.21. The van der Waals surface area contributed by atoms with E-state index < -0.39 is 0 Å². The first kappa shape index (κ1) is 14.8. The molecule has 0 spiro atoms. The summed E-state index contributed by atoms with van der Waals surface area (Å²) in [7, 11) is 0. The maximum Gasteiger partial charge on any atom is 0.00716 e. The third-order valence-electron chi connectivity index (χ3n) is 4.11. The van der Waals surface area contributed by atoms with Crippen LogP contribution in [0.2, 0.25) is 0 Å². The Morgan fingerprint density at radius 2 is 1.67 bits per heavy atom. The Morgan fingerprint density at radius 1 is 0.944 bits per heavy atom. The third kappa shape index (κ3) is 4.52. The maximum absolute atomic E-state index is 2.35. The predicted octanol–water partition coefficient (Wildman–Crippen LogP) is 6.23. The van der Waals surface area contributed by atoms with Gasteiger partial charge in [-0.2, -0.15) is 0 Å². The Labute approximate surface area is 122 Å². The molecule has 0 N–H and O–H groups in total. The summed E-state index contributed by atoms with van der Waals surface area (Å²) < 4.78 is 0. The molecule has 0 nitrogen and oxygen atoms in total.